The van der Waals surface area contributed by atoms with Gasteiger partial charge in [-0.2, -0.15) is 0 Å². The summed E-state index contributed by atoms with van der Waals surface area (Å²) in [5.41, 5.74) is 1.28. The van der Waals surface area contributed by atoms with Gasteiger partial charge in [0.15, 0.2) is 17.1 Å². The van der Waals surface area contributed by atoms with Crippen molar-refractivity contribution in [3.63, 3.8) is 0 Å². The molecule has 0 bridgehead atoms. The lowest BCUT2D eigenvalue weighted by atomic mass is 10.1. The molecule has 1 aliphatic heterocycles. The van der Waals surface area contributed by atoms with Crippen molar-refractivity contribution in [2.45, 2.75) is 24.6 Å². The van der Waals surface area contributed by atoms with E-state index in [2.05, 4.69) is 24.7 Å². The Hall–Kier alpha value is -1.36. The highest BCUT2D eigenvalue weighted by Crippen LogP contribution is 2.18. The second-order valence-electron chi connectivity index (χ2n) is 3.99. The molecule has 110 valence electrons. The van der Waals surface area contributed by atoms with Crippen LogP contribution < -0.4 is 0 Å². The Bertz CT molecular complexity index is 567. The lowest BCUT2D eigenvalue weighted by Crippen LogP contribution is -2.33. The van der Waals surface area contributed by atoms with Crippen LogP contribution in [0.1, 0.15) is 0 Å². The van der Waals surface area contributed by atoms with Crippen molar-refractivity contribution < 1.29 is 25.2 Å². The van der Waals surface area contributed by atoms with Crippen molar-refractivity contribution in [1.29, 1.82) is 0 Å². The minimum Gasteiger partial charge on any atom is -0.394 e. The normalized spacial score (nSPS) is 29.2. The number of rotatable bonds is 1. The summed E-state index contributed by atoms with van der Waals surface area (Å²) in [4.78, 5) is 14.3. The van der Waals surface area contributed by atoms with Crippen molar-refractivity contribution in [1.82, 2.24) is 19.9 Å². The number of aromatic amines is 1. The van der Waals surface area contributed by atoms with Crippen molar-refractivity contribution in [2.75, 3.05) is 6.61 Å². The predicted octanol–water partition coefficient (Wildman–Crippen LogP) is -1.58. The number of nitrogens with one attached hydrogen (secondary N) is 1. The number of hydrogen-bond donors (Lipinski definition) is 5. The second kappa shape index (κ2) is 6.39. The lowest BCUT2D eigenvalue weighted by molar-refractivity contribution is -0.132. The molecule has 0 saturated carbocycles. The summed E-state index contributed by atoms with van der Waals surface area (Å²) in [6, 6.07) is 0. The van der Waals surface area contributed by atoms with E-state index in [4.69, 9.17) is 32.0 Å². The summed E-state index contributed by atoms with van der Waals surface area (Å²) in [7, 11) is 0. The average Bonchev–Trinajstić information content (AvgIpc) is 3.01. The third-order valence-electron chi connectivity index (χ3n) is 2.69. The predicted molar refractivity (Wildman–Crippen MR) is 66.7 cm³/mol. The Kier molecular flexibility index (Phi) is 4.81. The number of nitrogens with zero attached hydrogens (tertiary/aromatic N) is 3. The topological polar surface area (TPSA) is 145 Å². The summed E-state index contributed by atoms with van der Waals surface area (Å²) in [5, 5.41) is 35.4. The van der Waals surface area contributed by atoms with Gasteiger partial charge < -0.3 is 30.1 Å². The largest absolute Gasteiger partial charge is 0.394 e. The molecule has 1 fully saturated rings. The smallest absolute Gasteiger partial charge is 0.184 e. The van der Waals surface area contributed by atoms with E-state index in [1.165, 1.54) is 12.7 Å². The maximum absolute atomic E-state index is 8.93. The minimum absolute atomic E-state index is 0.405. The highest BCUT2D eigenvalue weighted by Gasteiger charge is 2.41. The quantitative estimate of drug-likeness (QED) is 0.397. The molecule has 2 aromatic rings. The first-order valence-corrected chi connectivity index (χ1v) is 6.02. The molecule has 20 heavy (non-hydrogen) atoms. The van der Waals surface area contributed by atoms with Gasteiger partial charge in [-0.1, -0.05) is 11.6 Å². The molecule has 0 amide bonds. The van der Waals surface area contributed by atoms with Crippen molar-refractivity contribution >= 4 is 22.8 Å². The number of hydrogen-bond acceptors (Lipinski definition) is 8. The summed E-state index contributed by atoms with van der Waals surface area (Å²) in [6.07, 6.45) is -1.84. The van der Waals surface area contributed by atoms with E-state index >= 15 is 0 Å². The van der Waals surface area contributed by atoms with Gasteiger partial charge in [0.05, 0.1) is 12.9 Å². The zero-order valence-corrected chi connectivity index (χ0v) is 10.8. The van der Waals surface area contributed by atoms with Gasteiger partial charge in [-0.25, -0.2) is 15.0 Å². The average molecular weight is 305 g/mol. The zero-order chi connectivity index (χ0) is 14.7. The van der Waals surface area contributed by atoms with E-state index in [-0.39, 0.29) is 0 Å². The Morgan fingerprint density at radius 3 is 2.45 bits per heavy atom. The van der Waals surface area contributed by atoms with Gasteiger partial charge >= 0.3 is 0 Å². The maximum Gasteiger partial charge on any atom is 0.184 e. The third kappa shape index (κ3) is 3.03. The minimum atomic E-state index is -1.38. The van der Waals surface area contributed by atoms with Gasteiger partial charge in [0.2, 0.25) is 0 Å². The molecule has 3 heterocycles. The summed E-state index contributed by atoms with van der Waals surface area (Å²) >= 11 is 5.68. The van der Waals surface area contributed by atoms with Crippen LogP contribution in [0.4, 0.5) is 0 Å². The molecule has 1 saturated heterocycles. The third-order valence-corrected chi connectivity index (χ3v) is 2.98. The number of aromatic nitrogens is 4. The summed E-state index contributed by atoms with van der Waals surface area (Å²) in [6.45, 7) is -0.407. The Morgan fingerprint density at radius 1 is 1.20 bits per heavy atom. The molecule has 10 heteroatoms. The van der Waals surface area contributed by atoms with Gasteiger partial charge in [-0.05, 0) is 0 Å². The SMILES string of the molecule is Clc1ncnc2nc[nH]c12.OC[C@H]1OC(O)[C@@H](O)[C@@H]1O. The standard InChI is InChI=1S/C5H3ClN4.C5H10O5/c6-4-3-5(9-1-7-3)10-2-8-4;6-1-2-3(7)4(8)5(9)10-2/h1-2H,(H,7,8,9,10);2-9H,1H2/t;2-,3-,4+,5?/m.1/s1. The molecule has 1 unspecified atom stereocenters. The van der Waals surface area contributed by atoms with Gasteiger partial charge in [-0.3, -0.25) is 0 Å². The van der Waals surface area contributed by atoms with Crippen LogP contribution in [0.25, 0.3) is 11.2 Å². The van der Waals surface area contributed by atoms with E-state index in [1.807, 2.05) is 0 Å². The van der Waals surface area contributed by atoms with E-state index in [0.29, 0.717) is 16.3 Å². The first-order valence-electron chi connectivity index (χ1n) is 5.64. The van der Waals surface area contributed by atoms with Crippen LogP contribution >= 0.6 is 11.6 Å². The molecule has 0 radical (unpaired) electrons. The number of fused-ring (bicyclic) bond motifs is 1. The number of aliphatic hydroxyl groups is 4. The second-order valence-corrected chi connectivity index (χ2v) is 4.35. The number of H-pyrrole nitrogens is 1. The van der Waals surface area contributed by atoms with E-state index in [0.717, 1.165) is 0 Å². The fraction of sp³-hybridized carbons (Fsp3) is 0.500. The van der Waals surface area contributed by atoms with Crippen LogP contribution in [-0.2, 0) is 4.74 Å². The van der Waals surface area contributed by atoms with Crippen LogP contribution in [0.5, 0.6) is 0 Å². The van der Waals surface area contributed by atoms with Crippen LogP contribution in [0.15, 0.2) is 12.7 Å². The van der Waals surface area contributed by atoms with Crippen LogP contribution in [0.2, 0.25) is 5.15 Å². The fourth-order valence-corrected chi connectivity index (χ4v) is 1.80. The van der Waals surface area contributed by atoms with Gasteiger partial charge in [-0.15, -0.1) is 0 Å². The molecule has 0 aromatic carbocycles. The summed E-state index contributed by atoms with van der Waals surface area (Å²) in [5.74, 6) is 0. The molecule has 1 aliphatic rings. The molecule has 3 rings (SSSR count). The van der Waals surface area contributed by atoms with E-state index < -0.39 is 31.2 Å². The number of ether oxygens (including phenoxy) is 1. The zero-order valence-electron chi connectivity index (χ0n) is 10.1. The van der Waals surface area contributed by atoms with Gasteiger partial charge in [0, 0.05) is 0 Å². The molecule has 0 aliphatic carbocycles. The van der Waals surface area contributed by atoms with Crippen molar-refractivity contribution in [2.24, 2.45) is 0 Å². The monoisotopic (exact) mass is 304 g/mol. The highest BCUT2D eigenvalue weighted by atomic mass is 35.5. The number of halogens is 1. The Labute approximate surface area is 117 Å². The van der Waals surface area contributed by atoms with Crippen LogP contribution in [0, 0.1) is 0 Å². The fourth-order valence-electron chi connectivity index (χ4n) is 1.62. The molecule has 9 nitrogen and oxygen atoms in total. The first kappa shape index (κ1) is 15.0. The van der Waals surface area contributed by atoms with Gasteiger partial charge in [0.1, 0.15) is 30.2 Å². The van der Waals surface area contributed by atoms with E-state index in [9.17, 15) is 0 Å². The van der Waals surface area contributed by atoms with Crippen molar-refractivity contribution in [3.8, 4) is 0 Å². The van der Waals surface area contributed by atoms with E-state index in [1.54, 1.807) is 0 Å². The Balaban J connectivity index is 0.000000147. The molecule has 2 aromatic heterocycles. The molecule has 0 spiro atoms. The Morgan fingerprint density at radius 2 is 1.95 bits per heavy atom. The highest BCUT2D eigenvalue weighted by molar-refractivity contribution is 6.33. The lowest BCUT2D eigenvalue weighted by Gasteiger charge is -2.09. The molecular formula is C10H13ClN4O5. The molecule has 4 atom stereocenters. The van der Waals surface area contributed by atoms with Gasteiger partial charge in [0.25, 0.3) is 0 Å². The van der Waals surface area contributed by atoms with Crippen LogP contribution in [-0.4, -0.2) is 71.6 Å². The van der Waals surface area contributed by atoms with Crippen molar-refractivity contribution in [3.05, 3.63) is 17.8 Å². The summed E-state index contributed by atoms with van der Waals surface area (Å²) < 4.78 is 4.54. The molecule has 5 N–H and O–H groups in total. The number of imidazole rings is 1. The van der Waals surface area contributed by atoms with Crippen LogP contribution in [0.3, 0.4) is 0 Å². The number of aliphatic hydroxyl groups excluding tert-OH is 4. The first-order chi connectivity index (χ1) is 9.54. The molecular weight excluding hydrogens is 292 g/mol. The maximum atomic E-state index is 8.93.